The quantitative estimate of drug-likeness (QED) is 0.871. The van der Waals surface area contributed by atoms with Crippen LogP contribution in [0.1, 0.15) is 21.5 Å². The van der Waals surface area contributed by atoms with Gasteiger partial charge in [-0.15, -0.1) is 0 Å². The normalized spacial score (nSPS) is 21.3. The summed E-state index contributed by atoms with van der Waals surface area (Å²) in [6.07, 6.45) is 0. The summed E-state index contributed by atoms with van der Waals surface area (Å²) >= 11 is 0. The van der Waals surface area contributed by atoms with Crippen molar-refractivity contribution in [3.63, 3.8) is 0 Å². The highest BCUT2D eigenvalue weighted by atomic mass is 19.1. The van der Waals surface area contributed by atoms with Crippen LogP contribution in [0.15, 0.2) is 61.1 Å². The van der Waals surface area contributed by atoms with Gasteiger partial charge in [-0.3, -0.25) is 4.79 Å². The van der Waals surface area contributed by atoms with Gasteiger partial charge in [0.25, 0.3) is 5.91 Å². The van der Waals surface area contributed by atoms with Crippen LogP contribution in [-0.4, -0.2) is 17.4 Å². The first-order valence-corrected chi connectivity index (χ1v) is 8.27. The Labute approximate surface area is 154 Å². The highest BCUT2D eigenvalue weighted by Gasteiger charge is 2.46. The SMILES string of the molecule is C=C1NC(=C)C(CN2Cc3ccc(F)cc3C2=O)(c2ccc(F)cc2F)N1. The summed E-state index contributed by atoms with van der Waals surface area (Å²) in [6, 6.07) is 7.28. The first-order chi connectivity index (χ1) is 12.8. The fraction of sp³-hybridized carbons (Fsp3) is 0.150. The van der Waals surface area contributed by atoms with Crippen molar-refractivity contribution < 1.29 is 18.0 Å². The van der Waals surface area contributed by atoms with Crippen LogP contribution in [0.3, 0.4) is 0 Å². The molecule has 138 valence electrons. The van der Waals surface area contributed by atoms with Gasteiger partial charge in [0.1, 0.15) is 23.0 Å². The van der Waals surface area contributed by atoms with Gasteiger partial charge in [0, 0.05) is 29.4 Å². The van der Waals surface area contributed by atoms with Gasteiger partial charge >= 0.3 is 0 Å². The summed E-state index contributed by atoms with van der Waals surface area (Å²) in [7, 11) is 0. The van der Waals surface area contributed by atoms with Gasteiger partial charge in [-0.25, -0.2) is 13.2 Å². The molecule has 0 aromatic heterocycles. The molecule has 1 amide bonds. The Morgan fingerprint density at radius 3 is 2.44 bits per heavy atom. The van der Waals surface area contributed by atoms with Gasteiger partial charge in [0.15, 0.2) is 0 Å². The van der Waals surface area contributed by atoms with E-state index in [1.54, 1.807) is 6.07 Å². The monoisotopic (exact) mass is 371 g/mol. The second-order valence-electron chi connectivity index (χ2n) is 6.70. The van der Waals surface area contributed by atoms with Crippen molar-refractivity contribution in [1.29, 1.82) is 0 Å². The van der Waals surface area contributed by atoms with Gasteiger partial charge in [-0.2, -0.15) is 0 Å². The Morgan fingerprint density at radius 2 is 1.78 bits per heavy atom. The molecule has 2 heterocycles. The van der Waals surface area contributed by atoms with Crippen LogP contribution >= 0.6 is 0 Å². The molecule has 1 fully saturated rings. The van der Waals surface area contributed by atoms with Crippen LogP contribution in [0.5, 0.6) is 0 Å². The molecular formula is C20H16F3N3O. The van der Waals surface area contributed by atoms with Crippen LogP contribution in [0.25, 0.3) is 0 Å². The van der Waals surface area contributed by atoms with Crippen molar-refractivity contribution in [2.75, 3.05) is 6.54 Å². The molecule has 1 saturated heterocycles. The van der Waals surface area contributed by atoms with Gasteiger partial charge in [0.2, 0.25) is 0 Å². The fourth-order valence-electron chi connectivity index (χ4n) is 3.69. The molecule has 0 bridgehead atoms. The third kappa shape index (κ3) is 2.66. The van der Waals surface area contributed by atoms with Gasteiger partial charge < -0.3 is 15.5 Å². The lowest BCUT2D eigenvalue weighted by Gasteiger charge is -2.34. The van der Waals surface area contributed by atoms with E-state index < -0.39 is 23.0 Å². The summed E-state index contributed by atoms with van der Waals surface area (Å²) in [5.74, 6) is -1.95. The number of carbonyl (C=O) groups excluding carboxylic acids is 1. The minimum Gasteiger partial charge on any atom is -0.356 e. The molecule has 0 aliphatic carbocycles. The Bertz CT molecular complexity index is 1000. The van der Waals surface area contributed by atoms with E-state index in [1.807, 2.05) is 0 Å². The Hall–Kier alpha value is -3.22. The molecule has 1 atom stereocenters. The highest BCUT2D eigenvalue weighted by Crippen LogP contribution is 2.37. The van der Waals surface area contributed by atoms with Crippen LogP contribution < -0.4 is 10.6 Å². The number of benzene rings is 2. The summed E-state index contributed by atoms with van der Waals surface area (Å²) in [4.78, 5) is 14.2. The smallest absolute Gasteiger partial charge is 0.254 e. The number of nitrogens with zero attached hydrogens (tertiary/aromatic N) is 1. The molecule has 0 spiro atoms. The number of carbonyl (C=O) groups is 1. The number of hydrogen-bond acceptors (Lipinski definition) is 3. The molecule has 2 aromatic rings. The maximum absolute atomic E-state index is 14.6. The Kier molecular flexibility index (Phi) is 3.76. The number of nitrogens with one attached hydrogen (secondary N) is 2. The summed E-state index contributed by atoms with van der Waals surface area (Å²) in [5.41, 5.74) is 0.250. The van der Waals surface area contributed by atoms with Crippen molar-refractivity contribution in [3.05, 3.63) is 95.2 Å². The molecular weight excluding hydrogens is 355 g/mol. The van der Waals surface area contributed by atoms with Crippen LogP contribution in [0.2, 0.25) is 0 Å². The van der Waals surface area contributed by atoms with Crippen molar-refractivity contribution in [2.45, 2.75) is 12.1 Å². The van der Waals surface area contributed by atoms with Gasteiger partial charge in [-0.05, 0) is 23.8 Å². The molecule has 0 saturated carbocycles. The largest absolute Gasteiger partial charge is 0.356 e. The highest BCUT2D eigenvalue weighted by molar-refractivity contribution is 5.98. The second kappa shape index (κ2) is 5.90. The molecule has 2 aliphatic rings. The second-order valence-corrected chi connectivity index (χ2v) is 6.70. The molecule has 2 aromatic carbocycles. The lowest BCUT2D eigenvalue weighted by molar-refractivity contribution is 0.0740. The minimum atomic E-state index is -1.23. The molecule has 4 rings (SSSR count). The van der Waals surface area contributed by atoms with Crippen LogP contribution in [-0.2, 0) is 12.1 Å². The molecule has 27 heavy (non-hydrogen) atoms. The predicted molar refractivity (Wildman–Crippen MR) is 93.7 cm³/mol. The molecule has 4 nitrogen and oxygen atoms in total. The van der Waals surface area contributed by atoms with E-state index in [9.17, 15) is 18.0 Å². The van der Waals surface area contributed by atoms with Crippen molar-refractivity contribution >= 4 is 5.91 Å². The number of amides is 1. The van der Waals surface area contributed by atoms with E-state index in [1.165, 1.54) is 23.1 Å². The number of rotatable bonds is 3. The number of halogens is 3. The lowest BCUT2D eigenvalue weighted by Crippen LogP contribution is -2.48. The number of hydrogen-bond donors (Lipinski definition) is 2. The molecule has 7 heteroatoms. The van der Waals surface area contributed by atoms with Crippen molar-refractivity contribution in [1.82, 2.24) is 15.5 Å². The number of fused-ring (bicyclic) bond motifs is 1. The standard InChI is InChI=1S/C20H16F3N3O/c1-11-20(25-12(2)24-11,17-6-5-15(22)8-18(17)23)10-26-9-13-3-4-14(21)7-16(13)19(26)27/h3-8,24-25H,1-2,9-10H2. The average Bonchev–Trinajstić information content (AvgIpc) is 3.05. The molecule has 2 N–H and O–H groups in total. The van der Waals surface area contributed by atoms with E-state index in [4.69, 9.17) is 0 Å². The zero-order chi connectivity index (χ0) is 19.3. The van der Waals surface area contributed by atoms with E-state index >= 15 is 0 Å². The van der Waals surface area contributed by atoms with E-state index in [0.29, 0.717) is 17.1 Å². The van der Waals surface area contributed by atoms with Crippen LogP contribution in [0.4, 0.5) is 13.2 Å². The summed E-state index contributed by atoms with van der Waals surface area (Å²) in [6.45, 7) is 7.98. The van der Waals surface area contributed by atoms with E-state index in [0.717, 1.165) is 12.1 Å². The topological polar surface area (TPSA) is 44.4 Å². The predicted octanol–water partition coefficient (Wildman–Crippen LogP) is 3.13. The lowest BCUT2D eigenvalue weighted by atomic mass is 9.87. The molecule has 0 radical (unpaired) electrons. The third-order valence-corrected chi connectivity index (χ3v) is 4.95. The first-order valence-electron chi connectivity index (χ1n) is 8.27. The Balaban J connectivity index is 1.75. The van der Waals surface area contributed by atoms with Gasteiger partial charge in [0.05, 0.1) is 12.4 Å². The first kappa shape index (κ1) is 17.2. The van der Waals surface area contributed by atoms with Crippen molar-refractivity contribution in [3.8, 4) is 0 Å². The average molecular weight is 371 g/mol. The molecule has 2 aliphatic heterocycles. The fourth-order valence-corrected chi connectivity index (χ4v) is 3.69. The zero-order valence-electron chi connectivity index (χ0n) is 14.3. The summed E-state index contributed by atoms with van der Waals surface area (Å²) in [5, 5.41) is 5.95. The minimum absolute atomic E-state index is 0.00946. The van der Waals surface area contributed by atoms with Crippen molar-refractivity contribution in [2.24, 2.45) is 0 Å². The zero-order valence-corrected chi connectivity index (χ0v) is 14.3. The Morgan fingerprint density at radius 1 is 1.07 bits per heavy atom. The van der Waals surface area contributed by atoms with E-state index in [-0.39, 0.29) is 30.1 Å². The maximum atomic E-state index is 14.6. The summed E-state index contributed by atoms with van der Waals surface area (Å²) < 4.78 is 41.5. The third-order valence-electron chi connectivity index (χ3n) is 4.95. The van der Waals surface area contributed by atoms with Crippen LogP contribution in [0, 0.1) is 17.5 Å². The molecule has 1 unspecified atom stereocenters. The van der Waals surface area contributed by atoms with Gasteiger partial charge in [-0.1, -0.05) is 25.3 Å². The maximum Gasteiger partial charge on any atom is 0.254 e. The van der Waals surface area contributed by atoms with E-state index in [2.05, 4.69) is 23.8 Å².